The van der Waals surface area contributed by atoms with Crippen molar-refractivity contribution >= 4 is 44.8 Å². The number of aromatic nitrogens is 2. The summed E-state index contributed by atoms with van der Waals surface area (Å²) in [5, 5.41) is 5.38. The third-order valence-corrected chi connectivity index (χ3v) is 6.19. The molecule has 1 aliphatic heterocycles. The summed E-state index contributed by atoms with van der Waals surface area (Å²) in [6.45, 7) is 6.93. The van der Waals surface area contributed by atoms with Crippen molar-refractivity contribution in [3.63, 3.8) is 0 Å². The summed E-state index contributed by atoms with van der Waals surface area (Å²) in [5.74, 6) is 1.75. The maximum atomic E-state index is 11.9. The molecule has 0 radical (unpaired) electrons. The Morgan fingerprint density at radius 2 is 2.04 bits per heavy atom. The lowest BCUT2D eigenvalue weighted by Crippen LogP contribution is -2.49. The van der Waals surface area contributed by atoms with Gasteiger partial charge in [0.2, 0.25) is 0 Å². The number of nitrogens with zero attached hydrogens (tertiary/aromatic N) is 4. The second-order valence-electron chi connectivity index (χ2n) is 6.07. The number of amides is 1. The second kappa shape index (κ2) is 7.20. The molecule has 4 heterocycles. The molecule has 0 spiro atoms. The summed E-state index contributed by atoms with van der Waals surface area (Å²) in [5.41, 5.74) is 1.20. The van der Waals surface area contributed by atoms with Crippen molar-refractivity contribution in [1.82, 2.24) is 14.9 Å². The van der Waals surface area contributed by atoms with E-state index >= 15 is 0 Å². The van der Waals surface area contributed by atoms with E-state index in [-0.39, 0.29) is 6.09 Å². The molecule has 3 aromatic rings. The predicted molar refractivity (Wildman–Crippen MR) is 106 cm³/mol. The van der Waals surface area contributed by atoms with Crippen LogP contribution in [-0.2, 0) is 4.74 Å². The highest BCUT2D eigenvalue weighted by Crippen LogP contribution is 2.40. The Bertz CT molecular complexity index is 915. The predicted octanol–water partition coefficient (Wildman–Crippen LogP) is 4.01. The van der Waals surface area contributed by atoms with Crippen LogP contribution in [0.4, 0.5) is 10.6 Å². The van der Waals surface area contributed by atoms with E-state index in [1.807, 2.05) is 13.8 Å². The van der Waals surface area contributed by atoms with Crippen LogP contribution in [-0.4, -0.2) is 53.7 Å². The Morgan fingerprint density at radius 1 is 1.23 bits per heavy atom. The summed E-state index contributed by atoms with van der Waals surface area (Å²) in [6.07, 6.45) is -0.231. The van der Waals surface area contributed by atoms with Crippen molar-refractivity contribution in [2.45, 2.75) is 13.8 Å². The Hall–Kier alpha value is -2.19. The van der Waals surface area contributed by atoms with Crippen LogP contribution in [0.3, 0.4) is 0 Å². The average molecular weight is 389 g/mol. The summed E-state index contributed by atoms with van der Waals surface area (Å²) in [4.78, 5) is 27.6. The summed E-state index contributed by atoms with van der Waals surface area (Å²) in [7, 11) is 0. The van der Waals surface area contributed by atoms with Gasteiger partial charge in [0, 0.05) is 42.0 Å². The van der Waals surface area contributed by atoms with E-state index in [0.29, 0.717) is 19.7 Å². The smallest absolute Gasteiger partial charge is 0.409 e. The van der Waals surface area contributed by atoms with Gasteiger partial charge in [-0.05, 0) is 25.3 Å². The molecular weight excluding hydrogens is 368 g/mol. The molecule has 0 aromatic carbocycles. The van der Waals surface area contributed by atoms with Gasteiger partial charge in [-0.25, -0.2) is 14.8 Å². The Morgan fingerprint density at radius 3 is 2.73 bits per heavy atom. The van der Waals surface area contributed by atoms with Gasteiger partial charge in [0.15, 0.2) is 0 Å². The standard InChI is InChI=1S/C18H20N4O2S2/c1-3-24-18(23)22-8-6-21(7-9-22)16-15-13(14-5-4-10-25-14)11-26-17(15)20-12(2)19-16/h4-5,10-11H,3,6-9H2,1-2H3. The fourth-order valence-corrected chi connectivity index (χ4v) is 4.99. The van der Waals surface area contributed by atoms with Crippen molar-refractivity contribution < 1.29 is 9.53 Å². The van der Waals surface area contributed by atoms with E-state index in [4.69, 9.17) is 9.72 Å². The molecule has 8 heteroatoms. The van der Waals surface area contributed by atoms with Crippen LogP contribution in [0.1, 0.15) is 12.7 Å². The lowest BCUT2D eigenvalue weighted by Gasteiger charge is -2.35. The van der Waals surface area contributed by atoms with Crippen LogP contribution in [0.25, 0.3) is 20.7 Å². The Labute approximate surface area is 160 Å². The number of ether oxygens (including phenoxy) is 1. The first kappa shape index (κ1) is 17.2. The van der Waals surface area contributed by atoms with Crippen LogP contribution in [0.15, 0.2) is 22.9 Å². The zero-order chi connectivity index (χ0) is 18.1. The molecule has 0 atom stereocenters. The molecule has 1 amide bonds. The number of aryl methyl sites for hydroxylation is 1. The maximum absolute atomic E-state index is 11.9. The molecule has 0 bridgehead atoms. The molecule has 1 fully saturated rings. The molecule has 0 aliphatic carbocycles. The third-order valence-electron chi connectivity index (χ3n) is 4.42. The van der Waals surface area contributed by atoms with Crippen molar-refractivity contribution in [3.05, 3.63) is 28.7 Å². The van der Waals surface area contributed by atoms with Crippen molar-refractivity contribution in [3.8, 4) is 10.4 Å². The van der Waals surface area contributed by atoms with Gasteiger partial charge in [0.25, 0.3) is 0 Å². The number of hydrogen-bond acceptors (Lipinski definition) is 7. The van der Waals surface area contributed by atoms with Gasteiger partial charge in [0.1, 0.15) is 16.5 Å². The van der Waals surface area contributed by atoms with E-state index in [1.54, 1.807) is 27.6 Å². The van der Waals surface area contributed by atoms with Crippen LogP contribution >= 0.6 is 22.7 Å². The largest absolute Gasteiger partial charge is 0.450 e. The minimum absolute atomic E-state index is 0.231. The number of anilines is 1. The normalized spacial score (nSPS) is 14.8. The van der Waals surface area contributed by atoms with E-state index in [2.05, 4.69) is 32.8 Å². The van der Waals surface area contributed by atoms with E-state index in [0.717, 1.165) is 34.9 Å². The number of thiophene rings is 2. The van der Waals surface area contributed by atoms with Crippen LogP contribution in [0.5, 0.6) is 0 Å². The first-order valence-electron chi connectivity index (χ1n) is 8.63. The number of carbonyl (C=O) groups is 1. The van der Waals surface area contributed by atoms with E-state index < -0.39 is 0 Å². The summed E-state index contributed by atoms with van der Waals surface area (Å²) >= 11 is 3.39. The van der Waals surface area contributed by atoms with Crippen molar-refractivity contribution in [2.75, 3.05) is 37.7 Å². The summed E-state index contributed by atoms with van der Waals surface area (Å²) in [6, 6.07) is 4.20. The molecular formula is C18H20N4O2S2. The minimum atomic E-state index is -0.231. The monoisotopic (exact) mass is 388 g/mol. The lowest BCUT2D eigenvalue weighted by molar-refractivity contribution is 0.105. The third kappa shape index (κ3) is 3.14. The van der Waals surface area contributed by atoms with Crippen LogP contribution < -0.4 is 4.90 Å². The van der Waals surface area contributed by atoms with Crippen molar-refractivity contribution in [1.29, 1.82) is 0 Å². The van der Waals surface area contributed by atoms with Gasteiger partial charge in [0.05, 0.1) is 12.0 Å². The highest BCUT2D eigenvalue weighted by molar-refractivity contribution is 7.18. The van der Waals surface area contributed by atoms with Gasteiger partial charge < -0.3 is 14.5 Å². The molecule has 0 unspecified atom stereocenters. The molecule has 136 valence electrons. The number of carbonyl (C=O) groups excluding carboxylic acids is 1. The Balaban J connectivity index is 1.66. The SMILES string of the molecule is CCOC(=O)N1CCN(c2nc(C)nc3scc(-c4cccs4)c23)CC1. The summed E-state index contributed by atoms with van der Waals surface area (Å²) < 4.78 is 5.11. The molecule has 4 rings (SSSR count). The zero-order valence-electron chi connectivity index (χ0n) is 14.8. The zero-order valence-corrected chi connectivity index (χ0v) is 16.4. The van der Waals surface area contributed by atoms with Gasteiger partial charge in [-0.2, -0.15) is 0 Å². The van der Waals surface area contributed by atoms with Gasteiger partial charge in [-0.1, -0.05) is 6.07 Å². The van der Waals surface area contributed by atoms with Crippen LogP contribution in [0.2, 0.25) is 0 Å². The first-order chi connectivity index (χ1) is 12.7. The quantitative estimate of drug-likeness (QED) is 0.679. The minimum Gasteiger partial charge on any atom is -0.450 e. The molecule has 1 saturated heterocycles. The molecule has 26 heavy (non-hydrogen) atoms. The molecule has 0 saturated carbocycles. The topological polar surface area (TPSA) is 58.6 Å². The van der Waals surface area contributed by atoms with E-state index in [1.165, 1.54) is 10.4 Å². The number of rotatable bonds is 3. The average Bonchev–Trinajstić information content (AvgIpc) is 3.30. The lowest BCUT2D eigenvalue weighted by atomic mass is 10.1. The molecule has 6 nitrogen and oxygen atoms in total. The van der Waals surface area contributed by atoms with Gasteiger partial charge in [-0.3, -0.25) is 0 Å². The molecule has 0 N–H and O–H groups in total. The van der Waals surface area contributed by atoms with E-state index in [9.17, 15) is 4.79 Å². The Kier molecular flexibility index (Phi) is 4.78. The molecule has 3 aromatic heterocycles. The van der Waals surface area contributed by atoms with Crippen molar-refractivity contribution in [2.24, 2.45) is 0 Å². The number of piperazine rings is 1. The highest BCUT2D eigenvalue weighted by Gasteiger charge is 2.25. The van der Waals surface area contributed by atoms with Gasteiger partial charge in [-0.15, -0.1) is 22.7 Å². The number of fused-ring (bicyclic) bond motifs is 1. The second-order valence-corrected chi connectivity index (χ2v) is 7.88. The highest BCUT2D eigenvalue weighted by atomic mass is 32.1. The fraction of sp³-hybridized carbons (Fsp3) is 0.389. The fourth-order valence-electron chi connectivity index (χ4n) is 3.18. The molecule has 1 aliphatic rings. The van der Waals surface area contributed by atoms with Gasteiger partial charge >= 0.3 is 6.09 Å². The maximum Gasteiger partial charge on any atom is 0.409 e. The first-order valence-corrected chi connectivity index (χ1v) is 10.4. The number of hydrogen-bond donors (Lipinski definition) is 0. The van der Waals surface area contributed by atoms with Crippen LogP contribution in [0, 0.1) is 6.92 Å².